The number of hydrogen-bond acceptors (Lipinski definition) is 6. The molecule has 0 bridgehead atoms. The average Bonchev–Trinajstić information content (AvgIpc) is 2.97. The summed E-state index contributed by atoms with van der Waals surface area (Å²) < 4.78 is 5.99. The van der Waals surface area contributed by atoms with Crippen LogP contribution in [0, 0.1) is 0 Å². The summed E-state index contributed by atoms with van der Waals surface area (Å²) in [6.45, 7) is 7.30. The van der Waals surface area contributed by atoms with E-state index in [1.54, 1.807) is 20.0 Å². The Morgan fingerprint density at radius 3 is 1.54 bits per heavy atom. The Bertz CT molecular complexity index is 1480. The molecule has 0 aliphatic heterocycles. The SMILES string of the molecule is CC(C)(O)C(C)(C)OBc1ccc(-c2ccc(-c3nc(-c4ccccc4)nc(-c4ccccc4)n3)cn2)cc1. The lowest BCUT2D eigenvalue weighted by atomic mass is 9.82. The Balaban J connectivity index is 1.39. The van der Waals surface area contributed by atoms with Crippen molar-refractivity contribution in [3.8, 4) is 45.4 Å². The molecular formula is C32H31BN4O2. The summed E-state index contributed by atoms with van der Waals surface area (Å²) in [6, 6.07) is 31.9. The number of nitrogens with zero attached hydrogens (tertiary/aromatic N) is 4. The van der Waals surface area contributed by atoms with Crippen LogP contribution in [0.5, 0.6) is 0 Å². The zero-order valence-electron chi connectivity index (χ0n) is 22.7. The van der Waals surface area contributed by atoms with Crippen molar-refractivity contribution in [2.24, 2.45) is 0 Å². The normalized spacial score (nSPS) is 11.8. The minimum atomic E-state index is -0.944. The molecule has 0 aliphatic rings. The first-order valence-corrected chi connectivity index (χ1v) is 13.0. The van der Waals surface area contributed by atoms with E-state index in [0.29, 0.717) is 25.0 Å². The van der Waals surface area contributed by atoms with Crippen LogP contribution < -0.4 is 5.46 Å². The first-order chi connectivity index (χ1) is 18.7. The highest BCUT2D eigenvalue weighted by Crippen LogP contribution is 2.26. The predicted octanol–water partition coefficient (Wildman–Crippen LogP) is 5.48. The van der Waals surface area contributed by atoms with Crippen molar-refractivity contribution < 1.29 is 9.76 Å². The van der Waals surface area contributed by atoms with Gasteiger partial charge in [0.05, 0.1) is 16.9 Å². The third-order valence-corrected chi connectivity index (χ3v) is 7.04. The van der Waals surface area contributed by atoms with Gasteiger partial charge in [0.1, 0.15) is 0 Å². The molecule has 194 valence electrons. The van der Waals surface area contributed by atoms with Crippen LogP contribution in [-0.2, 0) is 4.65 Å². The van der Waals surface area contributed by atoms with Gasteiger partial charge in [-0.05, 0) is 39.8 Å². The third kappa shape index (κ3) is 6.11. The molecule has 1 N–H and O–H groups in total. The van der Waals surface area contributed by atoms with Crippen molar-refractivity contribution in [3.05, 3.63) is 103 Å². The van der Waals surface area contributed by atoms with Gasteiger partial charge < -0.3 is 9.76 Å². The number of hydrogen-bond donors (Lipinski definition) is 1. The summed E-state index contributed by atoms with van der Waals surface area (Å²) in [6.07, 6.45) is 1.80. The molecule has 7 heteroatoms. The van der Waals surface area contributed by atoms with Crippen molar-refractivity contribution in [1.82, 2.24) is 19.9 Å². The zero-order valence-corrected chi connectivity index (χ0v) is 22.7. The van der Waals surface area contributed by atoms with Gasteiger partial charge in [0.25, 0.3) is 0 Å². The first kappa shape index (κ1) is 26.4. The highest BCUT2D eigenvalue weighted by molar-refractivity contribution is 6.47. The van der Waals surface area contributed by atoms with E-state index in [-0.39, 0.29) is 0 Å². The third-order valence-electron chi connectivity index (χ3n) is 7.04. The smallest absolute Gasteiger partial charge is 0.309 e. The second-order valence-electron chi connectivity index (χ2n) is 10.5. The summed E-state index contributed by atoms with van der Waals surface area (Å²) in [7, 11) is 0.413. The molecule has 0 fully saturated rings. The van der Waals surface area contributed by atoms with Crippen LogP contribution in [0.4, 0.5) is 0 Å². The van der Waals surface area contributed by atoms with Crippen LogP contribution >= 0.6 is 0 Å². The Labute approximate surface area is 230 Å². The maximum atomic E-state index is 10.3. The molecular weight excluding hydrogens is 483 g/mol. The molecule has 0 atom stereocenters. The van der Waals surface area contributed by atoms with Crippen molar-refractivity contribution in [3.63, 3.8) is 0 Å². The second-order valence-corrected chi connectivity index (χ2v) is 10.5. The predicted molar refractivity (Wildman–Crippen MR) is 158 cm³/mol. The lowest BCUT2D eigenvalue weighted by Crippen LogP contribution is -2.49. The minimum absolute atomic E-state index is 0.413. The monoisotopic (exact) mass is 514 g/mol. The molecule has 2 aromatic heterocycles. The Hall–Kier alpha value is -4.20. The molecule has 0 saturated heterocycles. The fourth-order valence-corrected chi connectivity index (χ4v) is 3.85. The molecule has 5 aromatic rings. The summed E-state index contributed by atoms with van der Waals surface area (Å²) >= 11 is 0. The van der Waals surface area contributed by atoms with E-state index < -0.39 is 11.2 Å². The number of pyridine rings is 1. The fourth-order valence-electron chi connectivity index (χ4n) is 3.85. The summed E-state index contributed by atoms with van der Waals surface area (Å²) in [5.74, 6) is 1.81. The molecule has 0 aliphatic carbocycles. The Kier molecular flexibility index (Phi) is 7.37. The molecule has 0 saturated carbocycles. The summed E-state index contributed by atoms with van der Waals surface area (Å²) in [4.78, 5) is 19.0. The van der Waals surface area contributed by atoms with Crippen LogP contribution in [0.1, 0.15) is 27.7 Å². The van der Waals surface area contributed by atoms with Crippen molar-refractivity contribution in [2.45, 2.75) is 38.9 Å². The van der Waals surface area contributed by atoms with Gasteiger partial charge in [0, 0.05) is 28.5 Å². The van der Waals surface area contributed by atoms with Gasteiger partial charge in [-0.25, -0.2) is 15.0 Å². The highest BCUT2D eigenvalue weighted by Gasteiger charge is 2.35. The van der Waals surface area contributed by atoms with E-state index in [4.69, 9.17) is 24.6 Å². The standard InChI is InChI=1S/C32H31BN4O2/c1-31(2,38)32(3,4)39-33-26-18-15-22(16-19-26)27-20-17-25(21-34-27)30-36-28(23-11-7-5-8-12-23)35-29(37-30)24-13-9-6-10-14-24/h5-21,33,38H,1-4H3. The maximum absolute atomic E-state index is 10.3. The van der Waals surface area contributed by atoms with Gasteiger partial charge in [-0.2, -0.15) is 0 Å². The van der Waals surface area contributed by atoms with E-state index in [1.165, 1.54) is 0 Å². The van der Waals surface area contributed by atoms with Crippen LogP contribution in [0.3, 0.4) is 0 Å². The maximum Gasteiger partial charge on any atom is 0.309 e. The second kappa shape index (κ2) is 10.9. The van der Waals surface area contributed by atoms with E-state index in [2.05, 4.69) is 0 Å². The highest BCUT2D eigenvalue weighted by atomic mass is 16.5. The van der Waals surface area contributed by atoms with Crippen molar-refractivity contribution >= 4 is 12.9 Å². The molecule has 6 nitrogen and oxygen atoms in total. The molecule has 2 heterocycles. The minimum Gasteiger partial charge on any atom is -0.427 e. The van der Waals surface area contributed by atoms with E-state index in [0.717, 1.165) is 33.4 Å². The summed E-state index contributed by atoms with van der Waals surface area (Å²) in [5, 5.41) is 10.3. The Morgan fingerprint density at radius 1 is 0.590 bits per heavy atom. The first-order valence-electron chi connectivity index (χ1n) is 13.0. The zero-order chi connectivity index (χ0) is 27.5. The molecule has 0 radical (unpaired) electrons. The van der Waals surface area contributed by atoms with Gasteiger partial charge in [0.2, 0.25) is 0 Å². The van der Waals surface area contributed by atoms with Gasteiger partial charge in [0.15, 0.2) is 17.5 Å². The van der Waals surface area contributed by atoms with Crippen molar-refractivity contribution in [1.29, 1.82) is 0 Å². The van der Waals surface area contributed by atoms with Gasteiger partial charge in [-0.15, -0.1) is 0 Å². The van der Waals surface area contributed by atoms with Crippen LogP contribution in [0.2, 0.25) is 0 Å². The number of aliphatic hydroxyl groups is 1. The lowest BCUT2D eigenvalue weighted by Gasteiger charge is -2.37. The van der Waals surface area contributed by atoms with E-state index in [9.17, 15) is 5.11 Å². The van der Waals surface area contributed by atoms with Gasteiger partial charge >= 0.3 is 7.48 Å². The van der Waals surface area contributed by atoms with Crippen LogP contribution in [0.25, 0.3) is 45.4 Å². The number of benzene rings is 3. The Morgan fingerprint density at radius 2 is 1.08 bits per heavy atom. The molecule has 39 heavy (non-hydrogen) atoms. The largest absolute Gasteiger partial charge is 0.427 e. The molecule has 3 aromatic carbocycles. The fraction of sp³-hybridized carbons (Fsp3) is 0.188. The summed E-state index contributed by atoms with van der Waals surface area (Å²) in [5.41, 5.74) is 3.94. The average molecular weight is 514 g/mol. The lowest BCUT2D eigenvalue weighted by molar-refractivity contribution is -0.0893. The van der Waals surface area contributed by atoms with E-state index in [1.807, 2.05) is 111 Å². The topological polar surface area (TPSA) is 81.0 Å². The molecule has 0 unspecified atom stereocenters. The van der Waals surface area contributed by atoms with Gasteiger partial charge in [-0.3, -0.25) is 4.98 Å². The number of rotatable bonds is 8. The molecule has 5 rings (SSSR count). The van der Waals surface area contributed by atoms with Crippen LogP contribution in [-0.4, -0.2) is 43.7 Å². The van der Waals surface area contributed by atoms with E-state index >= 15 is 0 Å². The quantitative estimate of drug-likeness (QED) is 0.277. The van der Waals surface area contributed by atoms with Gasteiger partial charge in [-0.1, -0.05) is 90.4 Å². The molecule has 0 spiro atoms. The molecule has 0 amide bonds. The number of aromatic nitrogens is 4. The van der Waals surface area contributed by atoms with Crippen LogP contribution in [0.15, 0.2) is 103 Å². The van der Waals surface area contributed by atoms with Crippen molar-refractivity contribution in [2.75, 3.05) is 0 Å².